The van der Waals surface area contributed by atoms with Gasteiger partial charge in [0.25, 0.3) is 0 Å². The first-order chi connectivity index (χ1) is 17.3. The molecule has 0 unspecified atom stereocenters. The molecule has 2 heterocycles. The van der Waals surface area contributed by atoms with Crippen LogP contribution in [0.1, 0.15) is 53.6 Å². The van der Waals surface area contributed by atoms with E-state index < -0.39 is 17.7 Å². The largest absolute Gasteiger partial charge is 0.423 e. The summed E-state index contributed by atoms with van der Waals surface area (Å²) in [6.07, 6.45) is 3.24. The van der Waals surface area contributed by atoms with Gasteiger partial charge in [-0.2, -0.15) is 13.2 Å². The first-order valence-electron chi connectivity index (χ1n) is 12.0. The number of aromatic nitrogens is 2. The molecule has 0 aliphatic heterocycles. The minimum Gasteiger partial charge on any atom is -0.423 e. The predicted octanol–water partition coefficient (Wildman–Crippen LogP) is 7.29. The zero-order valence-corrected chi connectivity index (χ0v) is 19.8. The molecule has 5 rings (SSSR count). The number of alkyl halides is 3. The summed E-state index contributed by atoms with van der Waals surface area (Å²) in [6, 6.07) is 15.5. The van der Waals surface area contributed by atoms with Crippen LogP contribution in [0.2, 0.25) is 0 Å². The third-order valence-electron chi connectivity index (χ3n) is 6.47. The second kappa shape index (κ2) is 9.68. The second-order valence-corrected chi connectivity index (χ2v) is 9.22. The molecule has 8 heteroatoms. The Hall–Kier alpha value is -3.81. The molecular formula is C28H26F3N3O2. The van der Waals surface area contributed by atoms with E-state index in [1.54, 1.807) is 18.2 Å². The van der Waals surface area contributed by atoms with Crippen molar-refractivity contribution < 1.29 is 22.7 Å². The predicted molar refractivity (Wildman–Crippen MR) is 132 cm³/mol. The lowest BCUT2D eigenvalue weighted by Gasteiger charge is -2.24. The van der Waals surface area contributed by atoms with Crippen molar-refractivity contribution >= 4 is 17.4 Å². The number of hydrogen-bond acceptors (Lipinski definition) is 4. The number of ether oxygens (including phenoxy) is 1. The molecule has 0 saturated heterocycles. The minimum absolute atomic E-state index is 0.168. The summed E-state index contributed by atoms with van der Waals surface area (Å²) >= 11 is 0. The van der Waals surface area contributed by atoms with E-state index in [2.05, 4.69) is 5.32 Å². The number of nitrogens with zero attached hydrogens (tertiary/aromatic N) is 2. The Balaban J connectivity index is 1.46. The van der Waals surface area contributed by atoms with Crippen LogP contribution in [0, 0.1) is 6.92 Å². The van der Waals surface area contributed by atoms with E-state index in [0.717, 1.165) is 53.3 Å². The number of esters is 1. The highest BCUT2D eigenvalue weighted by molar-refractivity contribution is 5.91. The highest BCUT2D eigenvalue weighted by atomic mass is 19.4. The van der Waals surface area contributed by atoms with Gasteiger partial charge < -0.3 is 10.1 Å². The van der Waals surface area contributed by atoms with Crippen LogP contribution < -0.4 is 10.1 Å². The van der Waals surface area contributed by atoms with Crippen LogP contribution in [0.3, 0.4) is 0 Å². The average Bonchev–Trinajstić information content (AvgIpc) is 3.21. The fourth-order valence-corrected chi connectivity index (χ4v) is 4.62. The summed E-state index contributed by atoms with van der Waals surface area (Å²) in [6.45, 7) is 2.01. The van der Waals surface area contributed by atoms with Crippen LogP contribution in [-0.4, -0.2) is 21.4 Å². The Kier molecular flexibility index (Phi) is 6.43. The standard InChI is InChI=1S/C28H26F3N3O2/c1-18-13-14-34-24(15-18)33-25(26(34)32-22-10-3-2-4-11-22)19-7-6-12-23(17-19)36-27(35)20-8-5-9-21(16-20)28(29,30)31/h5-9,12-17,22,32H,2-4,10-11H2,1H3. The molecule has 1 fully saturated rings. The maximum Gasteiger partial charge on any atom is 0.416 e. The zero-order valence-electron chi connectivity index (χ0n) is 19.8. The smallest absolute Gasteiger partial charge is 0.416 e. The van der Waals surface area contributed by atoms with Crippen LogP contribution in [0.5, 0.6) is 5.75 Å². The minimum atomic E-state index is -4.54. The summed E-state index contributed by atoms with van der Waals surface area (Å²) in [7, 11) is 0. The normalized spacial score (nSPS) is 14.7. The Labute approximate surface area is 206 Å². The fourth-order valence-electron chi connectivity index (χ4n) is 4.62. The van der Waals surface area contributed by atoms with Gasteiger partial charge >= 0.3 is 12.1 Å². The molecule has 0 spiro atoms. The van der Waals surface area contributed by atoms with E-state index in [1.165, 1.54) is 31.4 Å². The van der Waals surface area contributed by atoms with E-state index in [0.29, 0.717) is 6.04 Å². The molecule has 0 amide bonds. The van der Waals surface area contributed by atoms with E-state index >= 15 is 0 Å². The first kappa shape index (κ1) is 23.9. The van der Waals surface area contributed by atoms with Crippen LogP contribution in [0.15, 0.2) is 66.9 Å². The Bertz CT molecular complexity index is 1400. The maximum atomic E-state index is 13.1. The van der Waals surface area contributed by atoms with Crippen molar-refractivity contribution in [1.29, 1.82) is 0 Å². The Morgan fingerprint density at radius 2 is 1.81 bits per heavy atom. The van der Waals surface area contributed by atoms with Crippen LogP contribution in [0.25, 0.3) is 16.9 Å². The summed E-state index contributed by atoms with van der Waals surface area (Å²) in [5.41, 5.74) is 2.29. The molecule has 1 aliphatic rings. The summed E-state index contributed by atoms with van der Waals surface area (Å²) in [5.74, 6) is 0.245. The highest BCUT2D eigenvalue weighted by Crippen LogP contribution is 2.34. The second-order valence-electron chi connectivity index (χ2n) is 9.22. The SMILES string of the molecule is Cc1ccn2c(NC3CCCCC3)c(-c3cccc(OC(=O)c4cccc(C(F)(F)F)c4)c3)nc2c1. The van der Waals surface area contributed by atoms with Crippen molar-refractivity contribution in [2.45, 2.75) is 51.2 Å². The fraction of sp³-hybridized carbons (Fsp3) is 0.286. The number of rotatable bonds is 5. The van der Waals surface area contributed by atoms with Gasteiger partial charge in [-0.25, -0.2) is 9.78 Å². The van der Waals surface area contributed by atoms with Gasteiger partial charge in [0, 0.05) is 17.8 Å². The first-order valence-corrected chi connectivity index (χ1v) is 12.0. The van der Waals surface area contributed by atoms with Crippen LogP contribution >= 0.6 is 0 Å². The number of hydrogen-bond donors (Lipinski definition) is 1. The van der Waals surface area contributed by atoms with Crippen LogP contribution in [-0.2, 0) is 6.18 Å². The lowest BCUT2D eigenvalue weighted by atomic mass is 9.95. The number of pyridine rings is 1. The molecule has 4 aromatic rings. The van der Waals surface area contributed by atoms with E-state index in [4.69, 9.17) is 9.72 Å². The monoisotopic (exact) mass is 493 g/mol. The maximum absolute atomic E-state index is 13.1. The van der Waals surface area contributed by atoms with Gasteiger partial charge in [-0.15, -0.1) is 0 Å². The number of carbonyl (C=O) groups is 1. The molecule has 0 atom stereocenters. The van der Waals surface area contributed by atoms with Crippen molar-refractivity contribution in [3.8, 4) is 17.0 Å². The molecule has 2 aromatic heterocycles. The van der Waals surface area contributed by atoms with Gasteiger partial charge in [0.2, 0.25) is 0 Å². The van der Waals surface area contributed by atoms with Gasteiger partial charge in [-0.3, -0.25) is 4.40 Å². The number of benzene rings is 2. The lowest BCUT2D eigenvalue weighted by Crippen LogP contribution is -2.23. The average molecular weight is 494 g/mol. The van der Waals surface area contributed by atoms with Crippen LogP contribution in [0.4, 0.5) is 19.0 Å². The van der Waals surface area contributed by atoms with Crippen molar-refractivity contribution in [2.75, 3.05) is 5.32 Å². The number of nitrogens with one attached hydrogen (secondary N) is 1. The Morgan fingerprint density at radius 3 is 2.58 bits per heavy atom. The number of imidazole rings is 1. The molecule has 0 radical (unpaired) electrons. The zero-order chi connectivity index (χ0) is 25.3. The van der Waals surface area contributed by atoms with E-state index in [-0.39, 0.29) is 11.3 Å². The molecule has 2 aromatic carbocycles. The molecular weight excluding hydrogens is 467 g/mol. The Morgan fingerprint density at radius 1 is 1.03 bits per heavy atom. The molecule has 1 saturated carbocycles. The van der Waals surface area contributed by atoms with Gasteiger partial charge in [0.05, 0.1) is 11.1 Å². The van der Waals surface area contributed by atoms with Crippen molar-refractivity contribution in [2.24, 2.45) is 0 Å². The topological polar surface area (TPSA) is 55.6 Å². The van der Waals surface area contributed by atoms with Crippen molar-refractivity contribution in [3.63, 3.8) is 0 Å². The molecule has 1 aliphatic carbocycles. The molecule has 1 N–H and O–H groups in total. The quantitative estimate of drug-likeness (QED) is 0.234. The molecule has 186 valence electrons. The van der Waals surface area contributed by atoms with E-state index in [9.17, 15) is 18.0 Å². The molecule has 5 nitrogen and oxygen atoms in total. The number of anilines is 1. The van der Waals surface area contributed by atoms with Gasteiger partial charge in [0.15, 0.2) is 0 Å². The van der Waals surface area contributed by atoms with Crippen molar-refractivity contribution in [1.82, 2.24) is 9.38 Å². The van der Waals surface area contributed by atoms with Gasteiger partial charge in [-0.1, -0.05) is 37.5 Å². The summed E-state index contributed by atoms with van der Waals surface area (Å²) < 4.78 is 46.6. The van der Waals surface area contributed by atoms with Gasteiger partial charge in [-0.05, 0) is 67.8 Å². The third kappa shape index (κ3) is 5.08. The van der Waals surface area contributed by atoms with Crippen molar-refractivity contribution in [3.05, 3.63) is 83.6 Å². The number of carbonyl (C=O) groups excluding carboxylic acids is 1. The molecule has 0 bridgehead atoms. The highest BCUT2D eigenvalue weighted by Gasteiger charge is 2.31. The number of halogens is 3. The number of aryl methyl sites for hydroxylation is 1. The summed E-state index contributed by atoms with van der Waals surface area (Å²) in [5, 5.41) is 3.68. The lowest BCUT2D eigenvalue weighted by molar-refractivity contribution is -0.137. The third-order valence-corrected chi connectivity index (χ3v) is 6.47. The molecule has 36 heavy (non-hydrogen) atoms. The van der Waals surface area contributed by atoms with E-state index in [1.807, 2.05) is 35.7 Å². The number of fused-ring (bicyclic) bond motifs is 1. The van der Waals surface area contributed by atoms with Gasteiger partial charge in [0.1, 0.15) is 22.9 Å². The summed E-state index contributed by atoms with van der Waals surface area (Å²) in [4.78, 5) is 17.5.